The van der Waals surface area contributed by atoms with Gasteiger partial charge in [-0.15, -0.1) is 0 Å². The molecular weight excluding hydrogens is 190 g/mol. The molecule has 0 radical (unpaired) electrons. The summed E-state index contributed by atoms with van der Waals surface area (Å²) in [5.74, 6) is 0.278. The smallest absolute Gasteiger partial charge is 0.332 e. The predicted octanol–water partition coefficient (Wildman–Crippen LogP) is 1.67. The minimum atomic E-state index is -0.622. The van der Waals surface area contributed by atoms with Crippen LogP contribution in [0, 0.1) is 5.41 Å². The second-order valence-electron chi connectivity index (χ2n) is 4.66. The van der Waals surface area contributed by atoms with Crippen LogP contribution in [0.5, 0.6) is 0 Å². The van der Waals surface area contributed by atoms with Gasteiger partial charge in [-0.05, 0) is 18.6 Å². The summed E-state index contributed by atoms with van der Waals surface area (Å²) in [5, 5.41) is 0. The van der Waals surface area contributed by atoms with E-state index < -0.39 is 6.04 Å². The summed E-state index contributed by atoms with van der Waals surface area (Å²) >= 11 is 0. The molecule has 1 aliphatic heterocycles. The van der Waals surface area contributed by atoms with E-state index in [9.17, 15) is 4.79 Å². The van der Waals surface area contributed by atoms with Gasteiger partial charge >= 0.3 is 5.97 Å². The van der Waals surface area contributed by atoms with E-state index in [0.717, 1.165) is 11.1 Å². The molecule has 1 heterocycles. The van der Waals surface area contributed by atoms with Gasteiger partial charge in [0.25, 0.3) is 0 Å². The molecular formula is C12H15NO2. The number of esters is 1. The van der Waals surface area contributed by atoms with Crippen molar-refractivity contribution in [3.63, 3.8) is 0 Å². The number of ether oxygens (including phenoxy) is 1. The van der Waals surface area contributed by atoms with Crippen LogP contribution in [0.15, 0.2) is 35.1 Å². The second kappa shape index (κ2) is 3.07. The number of rotatable bonds is 0. The average molecular weight is 205 g/mol. The third-order valence-corrected chi connectivity index (χ3v) is 2.80. The van der Waals surface area contributed by atoms with Gasteiger partial charge in [-0.25, -0.2) is 4.79 Å². The molecule has 2 aliphatic rings. The highest BCUT2D eigenvalue weighted by Crippen LogP contribution is 2.35. The molecule has 0 aromatic rings. The Kier molecular flexibility index (Phi) is 2.08. The number of nitrogens with two attached hydrogens (primary N) is 1. The summed E-state index contributed by atoms with van der Waals surface area (Å²) in [6.07, 6.45) is 6.02. The summed E-state index contributed by atoms with van der Waals surface area (Å²) in [7, 11) is 0. The number of allylic oxidation sites excluding steroid dienone is 3. The fraction of sp³-hybridized carbons (Fsp3) is 0.417. The molecule has 1 unspecified atom stereocenters. The molecule has 3 nitrogen and oxygen atoms in total. The van der Waals surface area contributed by atoms with Crippen LogP contribution in [-0.2, 0) is 9.53 Å². The first kappa shape index (κ1) is 10.2. The monoisotopic (exact) mass is 205 g/mol. The third kappa shape index (κ3) is 1.63. The van der Waals surface area contributed by atoms with Crippen LogP contribution in [0.4, 0.5) is 0 Å². The lowest BCUT2D eigenvalue weighted by Crippen LogP contribution is -2.38. The number of fused-ring (bicyclic) bond motifs is 1. The number of carbonyl (C=O) groups excluding carboxylic acids is 1. The largest absolute Gasteiger partial charge is 0.425 e. The first-order chi connectivity index (χ1) is 6.91. The molecule has 0 bridgehead atoms. The van der Waals surface area contributed by atoms with Gasteiger partial charge in [0.15, 0.2) is 0 Å². The van der Waals surface area contributed by atoms with Gasteiger partial charge in [0, 0.05) is 11.0 Å². The highest BCUT2D eigenvalue weighted by Gasteiger charge is 2.31. The second-order valence-corrected chi connectivity index (χ2v) is 4.66. The van der Waals surface area contributed by atoms with Gasteiger partial charge in [0.05, 0.1) is 0 Å². The SMILES string of the molecule is CC1=C2C=CC(C)(C)C=C2OC(=O)C1N. The predicted molar refractivity (Wildman–Crippen MR) is 57.8 cm³/mol. The summed E-state index contributed by atoms with van der Waals surface area (Å²) < 4.78 is 5.20. The molecule has 80 valence electrons. The Morgan fingerprint density at radius 2 is 2.13 bits per heavy atom. The van der Waals surface area contributed by atoms with Crippen molar-refractivity contribution in [2.45, 2.75) is 26.8 Å². The molecule has 0 aromatic carbocycles. The number of carbonyl (C=O) groups is 1. The van der Waals surface area contributed by atoms with E-state index in [1.54, 1.807) is 0 Å². The van der Waals surface area contributed by atoms with Crippen LogP contribution in [0.3, 0.4) is 0 Å². The number of hydrogen-bond acceptors (Lipinski definition) is 3. The van der Waals surface area contributed by atoms with Crippen LogP contribution >= 0.6 is 0 Å². The Balaban J connectivity index is 2.51. The van der Waals surface area contributed by atoms with Gasteiger partial charge in [0.1, 0.15) is 11.8 Å². The van der Waals surface area contributed by atoms with Crippen molar-refractivity contribution in [3.8, 4) is 0 Å². The Morgan fingerprint density at radius 1 is 1.47 bits per heavy atom. The van der Waals surface area contributed by atoms with Crippen molar-refractivity contribution in [2.75, 3.05) is 0 Å². The van der Waals surface area contributed by atoms with Gasteiger partial charge < -0.3 is 10.5 Å². The Hall–Kier alpha value is -1.35. The molecule has 0 aromatic heterocycles. The molecule has 2 N–H and O–H groups in total. The maximum atomic E-state index is 11.4. The Morgan fingerprint density at radius 3 is 2.80 bits per heavy atom. The zero-order valence-corrected chi connectivity index (χ0v) is 9.20. The van der Waals surface area contributed by atoms with Gasteiger partial charge in [-0.2, -0.15) is 0 Å². The van der Waals surface area contributed by atoms with Crippen molar-refractivity contribution in [2.24, 2.45) is 11.1 Å². The van der Waals surface area contributed by atoms with Crippen molar-refractivity contribution in [1.29, 1.82) is 0 Å². The van der Waals surface area contributed by atoms with Crippen molar-refractivity contribution in [1.82, 2.24) is 0 Å². The quantitative estimate of drug-likeness (QED) is 0.612. The first-order valence-corrected chi connectivity index (χ1v) is 5.01. The molecule has 0 saturated carbocycles. The van der Waals surface area contributed by atoms with Crippen LogP contribution < -0.4 is 5.73 Å². The van der Waals surface area contributed by atoms with Gasteiger partial charge in [0.2, 0.25) is 0 Å². The van der Waals surface area contributed by atoms with Gasteiger partial charge in [-0.1, -0.05) is 26.0 Å². The molecule has 0 amide bonds. The lowest BCUT2D eigenvalue weighted by molar-refractivity contribution is -0.140. The normalized spacial score (nSPS) is 28.4. The van der Waals surface area contributed by atoms with E-state index in [1.807, 2.05) is 19.1 Å². The molecule has 3 heteroatoms. The molecule has 1 aliphatic carbocycles. The molecule has 0 fully saturated rings. The third-order valence-electron chi connectivity index (χ3n) is 2.80. The molecule has 1 atom stereocenters. The van der Waals surface area contributed by atoms with Crippen molar-refractivity contribution in [3.05, 3.63) is 35.1 Å². The summed E-state index contributed by atoms with van der Waals surface area (Å²) in [6, 6.07) is -0.622. The Labute approximate surface area is 89.3 Å². The van der Waals surface area contributed by atoms with E-state index in [-0.39, 0.29) is 11.4 Å². The summed E-state index contributed by atoms with van der Waals surface area (Å²) in [5.41, 5.74) is 7.46. The minimum Gasteiger partial charge on any atom is -0.425 e. The van der Waals surface area contributed by atoms with E-state index in [2.05, 4.69) is 19.9 Å². The van der Waals surface area contributed by atoms with Crippen LogP contribution in [-0.4, -0.2) is 12.0 Å². The van der Waals surface area contributed by atoms with E-state index in [0.29, 0.717) is 5.76 Å². The fourth-order valence-corrected chi connectivity index (χ4v) is 1.77. The van der Waals surface area contributed by atoms with E-state index in [4.69, 9.17) is 10.5 Å². The maximum Gasteiger partial charge on any atom is 0.332 e. The van der Waals surface area contributed by atoms with Crippen LogP contribution in [0.2, 0.25) is 0 Å². The highest BCUT2D eigenvalue weighted by molar-refractivity contribution is 5.84. The lowest BCUT2D eigenvalue weighted by atomic mass is 9.83. The van der Waals surface area contributed by atoms with E-state index in [1.165, 1.54) is 0 Å². The topological polar surface area (TPSA) is 52.3 Å². The van der Waals surface area contributed by atoms with Crippen LogP contribution in [0.25, 0.3) is 0 Å². The van der Waals surface area contributed by atoms with Crippen LogP contribution in [0.1, 0.15) is 20.8 Å². The summed E-state index contributed by atoms with van der Waals surface area (Å²) in [4.78, 5) is 11.4. The van der Waals surface area contributed by atoms with Crippen molar-refractivity contribution < 1.29 is 9.53 Å². The zero-order valence-electron chi connectivity index (χ0n) is 9.20. The fourth-order valence-electron chi connectivity index (χ4n) is 1.77. The van der Waals surface area contributed by atoms with Gasteiger partial charge in [-0.3, -0.25) is 0 Å². The zero-order chi connectivity index (χ0) is 11.2. The summed E-state index contributed by atoms with van der Waals surface area (Å²) in [6.45, 7) is 5.99. The molecule has 0 saturated heterocycles. The standard InChI is InChI=1S/C12H15NO2/c1-7-8-4-5-12(2,3)6-9(8)15-11(14)10(7)13/h4-6,10H,13H2,1-3H3. The lowest BCUT2D eigenvalue weighted by Gasteiger charge is -2.29. The minimum absolute atomic E-state index is 0.0686. The maximum absolute atomic E-state index is 11.4. The molecule has 0 spiro atoms. The number of hydrogen-bond donors (Lipinski definition) is 1. The average Bonchev–Trinajstić information content (AvgIpc) is 2.12. The Bertz CT molecular complexity index is 413. The molecule has 15 heavy (non-hydrogen) atoms. The van der Waals surface area contributed by atoms with E-state index >= 15 is 0 Å². The van der Waals surface area contributed by atoms with Crippen molar-refractivity contribution >= 4 is 5.97 Å². The first-order valence-electron chi connectivity index (χ1n) is 5.01. The molecule has 2 rings (SSSR count). The highest BCUT2D eigenvalue weighted by atomic mass is 16.5.